The van der Waals surface area contributed by atoms with Crippen molar-refractivity contribution in [2.75, 3.05) is 20.8 Å². The smallest absolute Gasteiger partial charge is 0.239 e. The van der Waals surface area contributed by atoms with Gasteiger partial charge in [0, 0.05) is 11.6 Å². The minimum Gasteiger partial charge on any atom is -0.508 e. The maximum atomic E-state index is 13.2. The second kappa shape index (κ2) is 9.60. The summed E-state index contributed by atoms with van der Waals surface area (Å²) >= 11 is 0. The first-order chi connectivity index (χ1) is 16.7. The molecule has 1 aromatic heterocycles. The van der Waals surface area contributed by atoms with E-state index in [4.69, 9.17) is 23.4 Å². The number of methoxy groups -OCH3 is 2. The van der Waals surface area contributed by atoms with E-state index >= 15 is 0 Å². The predicted molar refractivity (Wildman–Crippen MR) is 119 cm³/mol. The van der Waals surface area contributed by atoms with Gasteiger partial charge in [0.1, 0.15) is 41.1 Å². The molecule has 3 aromatic rings. The van der Waals surface area contributed by atoms with Gasteiger partial charge in [-0.2, -0.15) is 0 Å². The van der Waals surface area contributed by atoms with Crippen LogP contribution >= 0.6 is 0 Å². The van der Waals surface area contributed by atoms with Crippen LogP contribution in [0.3, 0.4) is 0 Å². The van der Waals surface area contributed by atoms with E-state index in [9.17, 15) is 35.4 Å². The van der Waals surface area contributed by atoms with Gasteiger partial charge >= 0.3 is 0 Å². The van der Waals surface area contributed by atoms with E-state index in [0.29, 0.717) is 5.56 Å². The average Bonchev–Trinajstić information content (AvgIpc) is 2.84. The van der Waals surface area contributed by atoms with Crippen molar-refractivity contribution >= 4 is 11.0 Å². The van der Waals surface area contributed by atoms with Gasteiger partial charge in [-0.05, 0) is 24.3 Å². The third kappa shape index (κ3) is 4.22. The van der Waals surface area contributed by atoms with Crippen molar-refractivity contribution in [3.8, 4) is 40.1 Å². The number of hydrogen-bond acceptors (Lipinski definition) is 12. The normalized spacial score (nSPS) is 24.3. The number of phenols is 2. The van der Waals surface area contributed by atoms with E-state index in [-0.39, 0.29) is 39.7 Å². The highest BCUT2D eigenvalue weighted by Gasteiger charge is 2.45. The summed E-state index contributed by atoms with van der Waals surface area (Å²) in [5, 5.41) is 59.8. The van der Waals surface area contributed by atoms with Crippen LogP contribution in [0.1, 0.15) is 0 Å². The van der Waals surface area contributed by atoms with Crippen LogP contribution in [-0.2, 0) is 4.74 Å². The summed E-state index contributed by atoms with van der Waals surface area (Å²) < 4.78 is 27.3. The van der Waals surface area contributed by atoms with Gasteiger partial charge in [0.15, 0.2) is 17.3 Å². The number of phenolic OH excluding ortho intramolecular Hbond substituents is 2. The minimum absolute atomic E-state index is 0.00607. The van der Waals surface area contributed by atoms with E-state index in [1.807, 2.05) is 0 Å². The first kappa shape index (κ1) is 24.6. The predicted octanol–water partition coefficient (Wildman–Crippen LogP) is 0.0671. The lowest BCUT2D eigenvalue weighted by molar-refractivity contribution is -0.277. The molecule has 5 atom stereocenters. The van der Waals surface area contributed by atoms with Crippen LogP contribution in [0.4, 0.5) is 0 Å². The van der Waals surface area contributed by atoms with Crippen molar-refractivity contribution in [3.05, 3.63) is 40.6 Å². The van der Waals surface area contributed by atoms with Crippen LogP contribution in [-0.4, -0.2) is 82.2 Å². The topological polar surface area (TPSA) is 189 Å². The van der Waals surface area contributed by atoms with Crippen LogP contribution in [0.5, 0.6) is 28.7 Å². The molecule has 4 rings (SSSR count). The lowest BCUT2D eigenvalue weighted by atomic mass is 9.99. The quantitative estimate of drug-likeness (QED) is 0.272. The third-order valence-electron chi connectivity index (χ3n) is 5.67. The minimum atomic E-state index is -1.73. The first-order valence-electron chi connectivity index (χ1n) is 10.4. The van der Waals surface area contributed by atoms with Crippen LogP contribution in [0, 0.1) is 0 Å². The number of fused-ring (bicyclic) bond motifs is 1. The molecular formula is C23H24O12. The van der Waals surface area contributed by atoms with Gasteiger partial charge in [0.2, 0.25) is 23.2 Å². The molecule has 0 amide bonds. The summed E-state index contributed by atoms with van der Waals surface area (Å²) in [6, 6.07) is 6.98. The van der Waals surface area contributed by atoms with Crippen molar-refractivity contribution in [1.82, 2.24) is 0 Å². The molecule has 12 nitrogen and oxygen atoms in total. The summed E-state index contributed by atoms with van der Waals surface area (Å²) in [5.41, 5.74) is -0.464. The van der Waals surface area contributed by atoms with E-state index in [2.05, 4.69) is 0 Å². The standard InChI is InChI=1S/C23H24O12/c1-31-21-12(34-23-19(30)18(29)15(26)13(8-24)35-23)7-11-14(16(21)27)17(28)22(32-2)20(33-11)9-3-5-10(25)6-4-9/h3-7,13,15,18-19,23-27,29-30H,8H2,1-2H3/t13-,15-,18-,19-,23-/m0/s1. The van der Waals surface area contributed by atoms with E-state index in [1.54, 1.807) is 0 Å². The van der Waals surface area contributed by atoms with Gasteiger partial charge in [-0.15, -0.1) is 0 Å². The van der Waals surface area contributed by atoms with Crippen LogP contribution in [0.15, 0.2) is 39.5 Å². The molecule has 0 aliphatic carbocycles. The Hall–Kier alpha value is -3.55. The zero-order valence-electron chi connectivity index (χ0n) is 18.6. The van der Waals surface area contributed by atoms with Crippen molar-refractivity contribution in [1.29, 1.82) is 0 Å². The Bertz CT molecular complexity index is 1270. The number of hydrogen-bond donors (Lipinski definition) is 6. The zero-order valence-corrected chi connectivity index (χ0v) is 18.6. The SMILES string of the molecule is COc1c(O[C@H]2O[C@@H](CO)[C@H](O)[C@H](O)[C@@H]2O)cc2oc(-c3ccc(O)cc3)c(OC)c(=O)c2c1O. The van der Waals surface area contributed by atoms with Gasteiger partial charge in [-0.25, -0.2) is 0 Å². The number of benzene rings is 2. The summed E-state index contributed by atoms with van der Waals surface area (Å²) in [6.45, 7) is -0.671. The van der Waals surface area contributed by atoms with Crippen molar-refractivity contribution in [3.63, 3.8) is 0 Å². The number of ether oxygens (including phenoxy) is 4. The zero-order chi connectivity index (χ0) is 25.4. The largest absolute Gasteiger partial charge is 0.508 e. The molecule has 6 N–H and O–H groups in total. The molecule has 0 radical (unpaired) electrons. The molecule has 0 spiro atoms. The van der Waals surface area contributed by atoms with Gasteiger partial charge in [-0.1, -0.05) is 0 Å². The maximum absolute atomic E-state index is 13.2. The van der Waals surface area contributed by atoms with Crippen LogP contribution < -0.4 is 19.6 Å². The highest BCUT2D eigenvalue weighted by molar-refractivity contribution is 5.91. The van der Waals surface area contributed by atoms with Crippen molar-refractivity contribution in [2.24, 2.45) is 0 Å². The summed E-state index contributed by atoms with van der Waals surface area (Å²) in [5.74, 6) is -1.38. The van der Waals surface area contributed by atoms with Gasteiger partial charge in [0.25, 0.3) is 0 Å². The summed E-state index contributed by atoms with van der Waals surface area (Å²) in [7, 11) is 2.46. The molecule has 12 heteroatoms. The molecule has 2 aromatic carbocycles. The van der Waals surface area contributed by atoms with Crippen molar-refractivity contribution in [2.45, 2.75) is 30.7 Å². The van der Waals surface area contributed by atoms with Crippen LogP contribution in [0.2, 0.25) is 0 Å². The Morgan fingerprint density at radius 2 is 1.60 bits per heavy atom. The fourth-order valence-electron chi connectivity index (χ4n) is 3.84. The van der Waals surface area contributed by atoms with Gasteiger partial charge in [-0.3, -0.25) is 4.79 Å². The molecule has 2 heterocycles. The second-order valence-corrected chi connectivity index (χ2v) is 7.79. The molecule has 1 aliphatic heterocycles. The third-order valence-corrected chi connectivity index (χ3v) is 5.67. The summed E-state index contributed by atoms with van der Waals surface area (Å²) in [6.07, 6.45) is -7.85. The molecule has 1 saturated heterocycles. The molecule has 1 fully saturated rings. The molecular weight excluding hydrogens is 468 g/mol. The molecule has 35 heavy (non-hydrogen) atoms. The monoisotopic (exact) mass is 492 g/mol. The second-order valence-electron chi connectivity index (χ2n) is 7.79. The lowest BCUT2D eigenvalue weighted by Gasteiger charge is -2.39. The fourth-order valence-corrected chi connectivity index (χ4v) is 3.84. The Kier molecular flexibility index (Phi) is 6.74. The Labute approximate surface area is 197 Å². The Balaban J connectivity index is 1.86. The maximum Gasteiger partial charge on any atom is 0.239 e. The highest BCUT2D eigenvalue weighted by atomic mass is 16.7. The molecule has 0 unspecified atom stereocenters. The fraction of sp³-hybridized carbons (Fsp3) is 0.348. The molecule has 188 valence electrons. The number of aliphatic hydroxyl groups is 4. The first-order valence-corrected chi connectivity index (χ1v) is 10.4. The molecule has 1 aliphatic rings. The number of aromatic hydroxyl groups is 2. The lowest BCUT2D eigenvalue weighted by Crippen LogP contribution is -2.60. The number of rotatable bonds is 6. The van der Waals surface area contributed by atoms with E-state index in [1.165, 1.54) is 44.6 Å². The van der Waals surface area contributed by atoms with Crippen LogP contribution in [0.25, 0.3) is 22.3 Å². The van der Waals surface area contributed by atoms with E-state index < -0.39 is 48.5 Å². The molecule has 0 saturated carbocycles. The average molecular weight is 492 g/mol. The Morgan fingerprint density at radius 3 is 2.20 bits per heavy atom. The molecule has 0 bridgehead atoms. The van der Waals surface area contributed by atoms with Gasteiger partial charge in [0.05, 0.1) is 20.8 Å². The summed E-state index contributed by atoms with van der Waals surface area (Å²) in [4.78, 5) is 13.2. The Morgan fingerprint density at radius 1 is 0.943 bits per heavy atom. The highest BCUT2D eigenvalue weighted by Crippen LogP contribution is 2.45. The number of aliphatic hydroxyl groups excluding tert-OH is 4. The van der Waals surface area contributed by atoms with E-state index in [0.717, 1.165) is 0 Å². The van der Waals surface area contributed by atoms with Gasteiger partial charge < -0.3 is 54.0 Å². The van der Waals surface area contributed by atoms with Crippen molar-refractivity contribution < 1.29 is 54.0 Å².